The van der Waals surface area contributed by atoms with Crippen LogP contribution in [0.4, 0.5) is 0 Å². The van der Waals surface area contributed by atoms with Gasteiger partial charge in [-0.3, -0.25) is 14.4 Å². The molecule has 1 unspecified atom stereocenters. The maximum Gasteiger partial charge on any atom is 0.309 e. The van der Waals surface area contributed by atoms with Crippen molar-refractivity contribution in [2.24, 2.45) is 11.8 Å². The number of nitrogens with zero attached hydrogens (tertiary/aromatic N) is 1. The van der Waals surface area contributed by atoms with Gasteiger partial charge in [0.25, 0.3) is 0 Å². The van der Waals surface area contributed by atoms with E-state index in [-0.39, 0.29) is 29.6 Å². The average molecular weight is 340 g/mol. The van der Waals surface area contributed by atoms with Crippen LogP contribution in [0.5, 0.6) is 0 Å². The SMILES string of the molecule is CCCC(NC(=O)CC(C)C)C(=O)N1CCC(C(=O)OCC)CC1. The second kappa shape index (κ2) is 10.3. The lowest BCUT2D eigenvalue weighted by atomic mass is 9.96. The van der Waals surface area contributed by atoms with Gasteiger partial charge >= 0.3 is 5.97 Å². The monoisotopic (exact) mass is 340 g/mol. The van der Waals surface area contributed by atoms with Gasteiger partial charge in [-0.15, -0.1) is 0 Å². The van der Waals surface area contributed by atoms with Gasteiger partial charge in [0.2, 0.25) is 11.8 Å². The Morgan fingerprint density at radius 3 is 2.29 bits per heavy atom. The number of hydrogen-bond acceptors (Lipinski definition) is 4. The number of carbonyl (C=O) groups is 3. The van der Waals surface area contributed by atoms with Crippen LogP contribution in [0.1, 0.15) is 59.8 Å². The zero-order valence-corrected chi connectivity index (χ0v) is 15.5. The summed E-state index contributed by atoms with van der Waals surface area (Å²) in [5.41, 5.74) is 0. The molecule has 0 radical (unpaired) electrons. The second-order valence-electron chi connectivity index (χ2n) is 6.86. The van der Waals surface area contributed by atoms with Crippen molar-refractivity contribution < 1.29 is 19.1 Å². The maximum absolute atomic E-state index is 12.7. The molecule has 6 nitrogen and oxygen atoms in total. The molecule has 24 heavy (non-hydrogen) atoms. The molecule has 138 valence electrons. The van der Waals surface area contributed by atoms with Gasteiger partial charge < -0.3 is 15.0 Å². The van der Waals surface area contributed by atoms with Crippen LogP contribution in [-0.2, 0) is 19.1 Å². The number of hydrogen-bond donors (Lipinski definition) is 1. The lowest BCUT2D eigenvalue weighted by molar-refractivity contribution is -0.151. The first-order valence-electron chi connectivity index (χ1n) is 9.13. The van der Waals surface area contributed by atoms with E-state index in [9.17, 15) is 14.4 Å². The smallest absolute Gasteiger partial charge is 0.309 e. The molecule has 1 saturated heterocycles. The third kappa shape index (κ3) is 6.49. The van der Waals surface area contributed by atoms with E-state index >= 15 is 0 Å². The number of likely N-dealkylation sites (tertiary alicyclic amines) is 1. The summed E-state index contributed by atoms with van der Waals surface area (Å²) < 4.78 is 5.05. The first-order valence-corrected chi connectivity index (χ1v) is 9.13. The van der Waals surface area contributed by atoms with E-state index in [1.807, 2.05) is 20.8 Å². The molecule has 1 heterocycles. The Labute approximate surface area is 145 Å². The van der Waals surface area contributed by atoms with Crippen LogP contribution >= 0.6 is 0 Å². The fourth-order valence-electron chi connectivity index (χ4n) is 2.99. The van der Waals surface area contributed by atoms with Gasteiger partial charge in [0.15, 0.2) is 0 Å². The number of ether oxygens (including phenoxy) is 1. The van der Waals surface area contributed by atoms with E-state index in [4.69, 9.17) is 4.74 Å². The molecule has 0 spiro atoms. The van der Waals surface area contributed by atoms with Gasteiger partial charge in [-0.05, 0) is 32.1 Å². The Kier molecular flexibility index (Phi) is 8.79. The van der Waals surface area contributed by atoms with Gasteiger partial charge in [-0.25, -0.2) is 0 Å². The van der Waals surface area contributed by atoms with Crippen LogP contribution in [-0.4, -0.2) is 48.4 Å². The molecular formula is C18H32N2O4. The Balaban J connectivity index is 2.56. The van der Waals surface area contributed by atoms with Gasteiger partial charge in [-0.2, -0.15) is 0 Å². The predicted octanol–water partition coefficient (Wildman–Crippen LogP) is 2.12. The first-order chi connectivity index (χ1) is 11.4. The summed E-state index contributed by atoms with van der Waals surface area (Å²) in [5, 5.41) is 2.88. The summed E-state index contributed by atoms with van der Waals surface area (Å²) in [6.45, 7) is 9.24. The molecule has 1 aliphatic rings. The van der Waals surface area contributed by atoms with Crippen molar-refractivity contribution in [2.75, 3.05) is 19.7 Å². The third-order valence-corrected chi connectivity index (χ3v) is 4.23. The summed E-state index contributed by atoms with van der Waals surface area (Å²) in [4.78, 5) is 38.2. The van der Waals surface area contributed by atoms with E-state index in [1.54, 1.807) is 11.8 Å². The number of rotatable bonds is 8. The lowest BCUT2D eigenvalue weighted by Gasteiger charge is -2.33. The quantitative estimate of drug-likeness (QED) is 0.687. The molecule has 1 fully saturated rings. The summed E-state index contributed by atoms with van der Waals surface area (Å²) >= 11 is 0. The average Bonchev–Trinajstić information content (AvgIpc) is 2.53. The fourth-order valence-corrected chi connectivity index (χ4v) is 2.99. The molecular weight excluding hydrogens is 308 g/mol. The van der Waals surface area contributed by atoms with Gasteiger partial charge in [-0.1, -0.05) is 27.2 Å². The molecule has 0 aromatic carbocycles. The van der Waals surface area contributed by atoms with Crippen LogP contribution < -0.4 is 5.32 Å². The van der Waals surface area contributed by atoms with E-state index < -0.39 is 6.04 Å². The second-order valence-corrected chi connectivity index (χ2v) is 6.86. The van der Waals surface area contributed by atoms with Crippen LogP contribution in [0.2, 0.25) is 0 Å². The minimum atomic E-state index is -0.458. The summed E-state index contributed by atoms with van der Waals surface area (Å²) in [6.07, 6.45) is 3.16. The summed E-state index contributed by atoms with van der Waals surface area (Å²) in [5.74, 6) is -0.119. The molecule has 0 bridgehead atoms. The van der Waals surface area contributed by atoms with Crippen LogP contribution in [0, 0.1) is 11.8 Å². The molecule has 0 saturated carbocycles. The topological polar surface area (TPSA) is 75.7 Å². The number of esters is 1. The number of piperidine rings is 1. The molecule has 0 aromatic rings. The van der Waals surface area contributed by atoms with Gasteiger partial charge in [0.1, 0.15) is 6.04 Å². The molecule has 0 aliphatic carbocycles. The van der Waals surface area contributed by atoms with E-state index in [1.165, 1.54) is 0 Å². The van der Waals surface area contributed by atoms with Gasteiger partial charge in [0, 0.05) is 19.5 Å². The fraction of sp³-hybridized carbons (Fsp3) is 0.833. The predicted molar refractivity (Wildman–Crippen MR) is 92.2 cm³/mol. The van der Waals surface area contributed by atoms with Crippen molar-refractivity contribution in [3.63, 3.8) is 0 Å². The highest BCUT2D eigenvalue weighted by molar-refractivity contribution is 5.88. The van der Waals surface area contributed by atoms with Crippen LogP contribution in [0.25, 0.3) is 0 Å². The maximum atomic E-state index is 12.7. The molecule has 1 atom stereocenters. The molecule has 1 aliphatic heterocycles. The highest BCUT2D eigenvalue weighted by Crippen LogP contribution is 2.20. The molecule has 6 heteroatoms. The Morgan fingerprint density at radius 2 is 1.79 bits per heavy atom. The lowest BCUT2D eigenvalue weighted by Crippen LogP contribution is -2.51. The van der Waals surface area contributed by atoms with Crippen molar-refractivity contribution in [3.8, 4) is 0 Å². The largest absolute Gasteiger partial charge is 0.466 e. The number of amides is 2. The third-order valence-electron chi connectivity index (χ3n) is 4.23. The Bertz CT molecular complexity index is 429. The first kappa shape index (κ1) is 20.5. The van der Waals surface area contributed by atoms with Crippen molar-refractivity contribution in [1.82, 2.24) is 10.2 Å². The number of carbonyl (C=O) groups excluding carboxylic acids is 3. The zero-order chi connectivity index (χ0) is 18.1. The van der Waals surface area contributed by atoms with Crippen molar-refractivity contribution >= 4 is 17.8 Å². The van der Waals surface area contributed by atoms with Crippen LogP contribution in [0.15, 0.2) is 0 Å². The minimum absolute atomic E-state index is 0.0312. The highest BCUT2D eigenvalue weighted by atomic mass is 16.5. The van der Waals surface area contributed by atoms with Gasteiger partial charge in [0.05, 0.1) is 12.5 Å². The van der Waals surface area contributed by atoms with E-state index in [2.05, 4.69) is 5.32 Å². The zero-order valence-electron chi connectivity index (χ0n) is 15.5. The molecule has 1 rings (SSSR count). The van der Waals surface area contributed by atoms with E-state index in [0.717, 1.165) is 6.42 Å². The normalized spacial score (nSPS) is 16.8. The van der Waals surface area contributed by atoms with Crippen molar-refractivity contribution in [1.29, 1.82) is 0 Å². The Morgan fingerprint density at radius 1 is 1.17 bits per heavy atom. The number of nitrogens with one attached hydrogen (secondary N) is 1. The molecule has 2 amide bonds. The van der Waals surface area contributed by atoms with Crippen molar-refractivity contribution in [3.05, 3.63) is 0 Å². The van der Waals surface area contributed by atoms with E-state index in [0.29, 0.717) is 45.4 Å². The molecule has 0 aromatic heterocycles. The molecule has 1 N–H and O–H groups in total. The Hall–Kier alpha value is -1.59. The standard InChI is InChI=1S/C18H32N2O4/c1-5-7-15(19-16(21)12-13(3)4)17(22)20-10-8-14(9-11-20)18(23)24-6-2/h13-15H,5-12H2,1-4H3,(H,19,21). The summed E-state index contributed by atoms with van der Waals surface area (Å²) in [6, 6.07) is -0.458. The van der Waals surface area contributed by atoms with Crippen molar-refractivity contribution in [2.45, 2.75) is 65.8 Å². The highest BCUT2D eigenvalue weighted by Gasteiger charge is 2.31. The summed E-state index contributed by atoms with van der Waals surface area (Å²) in [7, 11) is 0. The van der Waals surface area contributed by atoms with Crippen LogP contribution in [0.3, 0.4) is 0 Å². The minimum Gasteiger partial charge on any atom is -0.466 e.